The standard InChI is InChI=1S/C20H23N3O3/c1-12(9-14-5-8-18(25-3)19(10-14)26-4)20(24)23-15-6-7-16-17(11-15)22-13(2)21-16/h5-8,10-12H,9H2,1-4H3,(H,21,22)(H,23,24). The number of anilines is 1. The summed E-state index contributed by atoms with van der Waals surface area (Å²) in [4.78, 5) is 20.1. The number of ether oxygens (including phenoxy) is 2. The highest BCUT2D eigenvalue weighted by Gasteiger charge is 2.15. The van der Waals surface area contributed by atoms with Gasteiger partial charge in [-0.3, -0.25) is 4.79 Å². The quantitative estimate of drug-likeness (QED) is 0.708. The van der Waals surface area contributed by atoms with Crippen LogP contribution >= 0.6 is 0 Å². The van der Waals surface area contributed by atoms with Crippen LogP contribution in [0.1, 0.15) is 18.3 Å². The molecule has 2 N–H and O–H groups in total. The maximum atomic E-state index is 12.5. The number of benzene rings is 2. The number of fused-ring (bicyclic) bond motifs is 1. The Morgan fingerprint density at radius 2 is 1.92 bits per heavy atom. The van der Waals surface area contributed by atoms with Crippen LogP contribution < -0.4 is 14.8 Å². The minimum atomic E-state index is -0.188. The van der Waals surface area contributed by atoms with E-state index in [1.54, 1.807) is 14.2 Å². The van der Waals surface area contributed by atoms with E-state index in [4.69, 9.17) is 9.47 Å². The molecule has 136 valence electrons. The number of hydrogen-bond donors (Lipinski definition) is 2. The lowest BCUT2D eigenvalue weighted by molar-refractivity contribution is -0.119. The second kappa shape index (κ2) is 7.47. The fourth-order valence-corrected chi connectivity index (χ4v) is 2.93. The van der Waals surface area contributed by atoms with Gasteiger partial charge in [0.2, 0.25) is 5.91 Å². The van der Waals surface area contributed by atoms with Gasteiger partial charge in [0.1, 0.15) is 5.82 Å². The number of aromatic nitrogens is 2. The molecule has 0 aliphatic carbocycles. The number of carbonyl (C=O) groups is 1. The molecule has 0 bridgehead atoms. The molecule has 6 heteroatoms. The molecular weight excluding hydrogens is 330 g/mol. The third-order valence-electron chi connectivity index (χ3n) is 4.31. The highest BCUT2D eigenvalue weighted by Crippen LogP contribution is 2.28. The van der Waals surface area contributed by atoms with Crippen molar-refractivity contribution in [2.45, 2.75) is 20.3 Å². The van der Waals surface area contributed by atoms with Gasteiger partial charge < -0.3 is 19.8 Å². The Kier molecular flexibility index (Phi) is 5.11. The van der Waals surface area contributed by atoms with Crippen LogP contribution in [0.25, 0.3) is 11.0 Å². The van der Waals surface area contributed by atoms with Crippen LogP contribution in [0.15, 0.2) is 36.4 Å². The number of carbonyl (C=O) groups excluding carboxylic acids is 1. The topological polar surface area (TPSA) is 76.2 Å². The first-order valence-electron chi connectivity index (χ1n) is 8.48. The van der Waals surface area contributed by atoms with Crippen molar-refractivity contribution in [3.8, 4) is 11.5 Å². The predicted molar refractivity (Wildman–Crippen MR) is 102 cm³/mol. The molecule has 1 unspecified atom stereocenters. The molecule has 1 aromatic heterocycles. The van der Waals surface area contributed by atoms with Crippen molar-refractivity contribution in [2.75, 3.05) is 19.5 Å². The molecule has 0 aliphatic heterocycles. The van der Waals surface area contributed by atoms with Gasteiger partial charge in [0.25, 0.3) is 0 Å². The SMILES string of the molecule is COc1ccc(CC(C)C(=O)Nc2ccc3nc(C)[nH]c3c2)cc1OC. The lowest BCUT2D eigenvalue weighted by atomic mass is 10.00. The zero-order valence-electron chi connectivity index (χ0n) is 15.4. The van der Waals surface area contributed by atoms with Crippen molar-refractivity contribution in [3.05, 3.63) is 47.8 Å². The van der Waals surface area contributed by atoms with E-state index in [0.29, 0.717) is 17.9 Å². The number of aromatic amines is 1. The zero-order chi connectivity index (χ0) is 18.7. The summed E-state index contributed by atoms with van der Waals surface area (Å²) in [6.45, 7) is 3.81. The van der Waals surface area contributed by atoms with Gasteiger partial charge in [0.05, 0.1) is 25.3 Å². The molecule has 0 aliphatic rings. The van der Waals surface area contributed by atoms with Gasteiger partial charge in [0.15, 0.2) is 11.5 Å². The first kappa shape index (κ1) is 17.8. The van der Waals surface area contributed by atoms with E-state index in [-0.39, 0.29) is 11.8 Å². The number of aryl methyl sites for hydroxylation is 1. The molecule has 3 aromatic rings. The Balaban J connectivity index is 1.68. The van der Waals surface area contributed by atoms with Crippen molar-refractivity contribution in [3.63, 3.8) is 0 Å². The minimum Gasteiger partial charge on any atom is -0.493 e. The van der Waals surface area contributed by atoms with Crippen molar-refractivity contribution >= 4 is 22.6 Å². The molecule has 1 amide bonds. The van der Waals surface area contributed by atoms with Crippen molar-refractivity contribution < 1.29 is 14.3 Å². The number of rotatable bonds is 6. The smallest absolute Gasteiger partial charge is 0.227 e. The minimum absolute atomic E-state index is 0.0321. The fraction of sp³-hybridized carbons (Fsp3) is 0.300. The molecule has 0 radical (unpaired) electrons. The Morgan fingerprint density at radius 1 is 1.15 bits per heavy atom. The summed E-state index contributed by atoms with van der Waals surface area (Å²) in [5.74, 6) is 1.97. The first-order valence-corrected chi connectivity index (χ1v) is 8.48. The number of nitrogens with zero attached hydrogens (tertiary/aromatic N) is 1. The zero-order valence-corrected chi connectivity index (χ0v) is 15.4. The monoisotopic (exact) mass is 353 g/mol. The predicted octanol–water partition coefficient (Wildman–Crippen LogP) is 3.71. The number of hydrogen-bond acceptors (Lipinski definition) is 4. The number of nitrogens with one attached hydrogen (secondary N) is 2. The largest absolute Gasteiger partial charge is 0.493 e. The fourth-order valence-electron chi connectivity index (χ4n) is 2.93. The average molecular weight is 353 g/mol. The van der Waals surface area contributed by atoms with Crippen molar-refractivity contribution in [1.29, 1.82) is 0 Å². The summed E-state index contributed by atoms with van der Waals surface area (Å²) in [5, 5.41) is 2.97. The molecule has 1 atom stereocenters. The second-order valence-corrected chi connectivity index (χ2v) is 6.34. The molecule has 0 saturated heterocycles. The maximum absolute atomic E-state index is 12.5. The summed E-state index contributed by atoms with van der Waals surface area (Å²) < 4.78 is 10.6. The Labute approximate surface area is 152 Å². The third-order valence-corrected chi connectivity index (χ3v) is 4.31. The van der Waals surface area contributed by atoms with Gasteiger partial charge >= 0.3 is 0 Å². The van der Waals surface area contributed by atoms with Crippen molar-refractivity contribution in [2.24, 2.45) is 5.92 Å². The lowest BCUT2D eigenvalue weighted by Gasteiger charge is -2.14. The van der Waals surface area contributed by atoms with Gasteiger partial charge in [-0.15, -0.1) is 0 Å². The van der Waals surface area contributed by atoms with E-state index in [9.17, 15) is 4.79 Å². The van der Waals surface area contributed by atoms with Gasteiger partial charge in [-0.1, -0.05) is 13.0 Å². The van der Waals surface area contributed by atoms with Crippen LogP contribution in [-0.4, -0.2) is 30.1 Å². The third kappa shape index (κ3) is 3.79. The van der Waals surface area contributed by atoms with E-state index in [0.717, 1.165) is 28.1 Å². The normalized spacial score (nSPS) is 12.0. The number of amides is 1. The molecule has 2 aromatic carbocycles. The molecule has 26 heavy (non-hydrogen) atoms. The van der Waals surface area contributed by atoms with E-state index >= 15 is 0 Å². The van der Waals surface area contributed by atoms with Crippen LogP contribution in [-0.2, 0) is 11.2 Å². The second-order valence-electron chi connectivity index (χ2n) is 6.34. The number of imidazole rings is 1. The van der Waals surface area contributed by atoms with Gasteiger partial charge in [-0.2, -0.15) is 0 Å². The maximum Gasteiger partial charge on any atom is 0.227 e. The van der Waals surface area contributed by atoms with Gasteiger partial charge in [-0.05, 0) is 49.2 Å². The Hall–Kier alpha value is -3.02. The molecule has 0 saturated carbocycles. The van der Waals surface area contributed by atoms with Crippen LogP contribution in [0, 0.1) is 12.8 Å². The highest BCUT2D eigenvalue weighted by atomic mass is 16.5. The van der Waals surface area contributed by atoms with Gasteiger partial charge in [0, 0.05) is 11.6 Å². The molecule has 3 rings (SSSR count). The lowest BCUT2D eigenvalue weighted by Crippen LogP contribution is -2.22. The summed E-state index contributed by atoms with van der Waals surface area (Å²) in [7, 11) is 3.21. The Bertz CT molecular complexity index is 933. The average Bonchev–Trinajstić information content (AvgIpc) is 3.00. The molecule has 1 heterocycles. The first-order chi connectivity index (χ1) is 12.5. The van der Waals surface area contributed by atoms with Crippen LogP contribution in [0.4, 0.5) is 5.69 Å². The van der Waals surface area contributed by atoms with E-state index < -0.39 is 0 Å². The van der Waals surface area contributed by atoms with Crippen LogP contribution in [0.3, 0.4) is 0 Å². The summed E-state index contributed by atoms with van der Waals surface area (Å²) in [6.07, 6.45) is 0.609. The van der Waals surface area contributed by atoms with E-state index in [2.05, 4.69) is 15.3 Å². The number of methoxy groups -OCH3 is 2. The Morgan fingerprint density at radius 3 is 2.65 bits per heavy atom. The summed E-state index contributed by atoms with van der Waals surface area (Å²) >= 11 is 0. The number of H-pyrrole nitrogens is 1. The molecule has 6 nitrogen and oxygen atoms in total. The van der Waals surface area contributed by atoms with Gasteiger partial charge in [-0.25, -0.2) is 4.98 Å². The molecule has 0 fully saturated rings. The van der Waals surface area contributed by atoms with Crippen molar-refractivity contribution in [1.82, 2.24) is 9.97 Å². The van der Waals surface area contributed by atoms with Crippen LogP contribution in [0.5, 0.6) is 11.5 Å². The van der Waals surface area contributed by atoms with E-state index in [1.165, 1.54) is 0 Å². The summed E-state index contributed by atoms with van der Waals surface area (Å²) in [6, 6.07) is 11.4. The molecule has 0 spiro atoms. The highest BCUT2D eigenvalue weighted by molar-refractivity contribution is 5.94. The molecular formula is C20H23N3O3. The summed E-state index contributed by atoms with van der Waals surface area (Å²) in [5.41, 5.74) is 3.57. The van der Waals surface area contributed by atoms with E-state index in [1.807, 2.05) is 50.2 Å². The van der Waals surface area contributed by atoms with Crippen LogP contribution in [0.2, 0.25) is 0 Å².